The fourth-order valence-electron chi connectivity index (χ4n) is 3.60. The Balaban J connectivity index is 1.75. The normalized spacial score (nSPS) is 18.7. The molecule has 0 aliphatic carbocycles. The van der Waals surface area contributed by atoms with E-state index in [1.807, 2.05) is 17.0 Å². The second-order valence-corrected chi connectivity index (χ2v) is 7.61. The van der Waals surface area contributed by atoms with Crippen LogP contribution < -0.4 is 0 Å². The van der Waals surface area contributed by atoms with Crippen LogP contribution >= 0.6 is 0 Å². The van der Waals surface area contributed by atoms with Gasteiger partial charge in [-0.2, -0.15) is 0 Å². The summed E-state index contributed by atoms with van der Waals surface area (Å²) < 4.78 is 13.2. The van der Waals surface area contributed by atoms with Crippen LogP contribution in [0.25, 0.3) is 0 Å². The lowest BCUT2D eigenvalue weighted by Gasteiger charge is -2.35. The average molecular weight is 370 g/mol. The molecule has 0 spiro atoms. The lowest BCUT2D eigenvalue weighted by Crippen LogP contribution is -2.45. The summed E-state index contributed by atoms with van der Waals surface area (Å²) >= 11 is 0. The third-order valence-electron chi connectivity index (χ3n) is 5.19. The van der Waals surface area contributed by atoms with Crippen LogP contribution in [0.2, 0.25) is 0 Å². The molecule has 2 aromatic carbocycles. The van der Waals surface area contributed by atoms with E-state index in [9.17, 15) is 14.3 Å². The number of amides is 1. The van der Waals surface area contributed by atoms with Crippen molar-refractivity contribution in [1.82, 2.24) is 9.80 Å². The third kappa shape index (κ3) is 5.07. The maximum atomic E-state index is 13.2. The Morgan fingerprint density at radius 2 is 1.63 bits per heavy atom. The van der Waals surface area contributed by atoms with Gasteiger partial charge in [0.05, 0.1) is 0 Å². The van der Waals surface area contributed by atoms with E-state index < -0.39 is 0 Å². The number of hydrogen-bond donors (Lipinski definition) is 1. The van der Waals surface area contributed by atoms with Crippen molar-refractivity contribution in [3.05, 3.63) is 65.5 Å². The number of phenolic OH excluding ortho intramolecular Hbond substituents is 1. The standard InChI is InChI=1S/C22H27FN2O2/c1-16(2)21-15-24(13-17-5-9-20(26)10-6-17)12-11-22(27)25(21)14-18-3-7-19(23)8-4-18/h3-10,16,21,26H,11-15H2,1-2H3/t21-/m1/s1. The zero-order valence-electron chi connectivity index (χ0n) is 15.9. The highest BCUT2D eigenvalue weighted by molar-refractivity contribution is 5.77. The highest BCUT2D eigenvalue weighted by Gasteiger charge is 2.31. The molecule has 27 heavy (non-hydrogen) atoms. The van der Waals surface area contributed by atoms with Crippen molar-refractivity contribution in [2.75, 3.05) is 13.1 Å². The lowest BCUT2D eigenvalue weighted by atomic mass is 10.0. The molecule has 0 radical (unpaired) electrons. The molecule has 1 atom stereocenters. The molecule has 0 aromatic heterocycles. The van der Waals surface area contributed by atoms with Crippen molar-refractivity contribution in [2.24, 2.45) is 5.92 Å². The van der Waals surface area contributed by atoms with Crippen LogP contribution in [0.4, 0.5) is 4.39 Å². The summed E-state index contributed by atoms with van der Waals surface area (Å²) in [4.78, 5) is 17.1. The molecule has 0 unspecified atom stereocenters. The number of halogens is 1. The second-order valence-electron chi connectivity index (χ2n) is 7.61. The van der Waals surface area contributed by atoms with Gasteiger partial charge in [0.1, 0.15) is 11.6 Å². The van der Waals surface area contributed by atoms with Gasteiger partial charge in [-0.25, -0.2) is 4.39 Å². The van der Waals surface area contributed by atoms with Crippen LogP contribution in [0, 0.1) is 11.7 Å². The van der Waals surface area contributed by atoms with E-state index in [0.717, 1.165) is 24.2 Å². The van der Waals surface area contributed by atoms with Crippen molar-refractivity contribution in [2.45, 2.75) is 39.4 Å². The highest BCUT2D eigenvalue weighted by Crippen LogP contribution is 2.22. The van der Waals surface area contributed by atoms with E-state index in [1.165, 1.54) is 12.1 Å². The molecule has 2 aromatic rings. The summed E-state index contributed by atoms with van der Waals surface area (Å²) in [7, 11) is 0. The Hall–Kier alpha value is -2.40. The first-order valence-electron chi connectivity index (χ1n) is 9.46. The Morgan fingerprint density at radius 1 is 1.04 bits per heavy atom. The van der Waals surface area contributed by atoms with Gasteiger partial charge < -0.3 is 10.0 Å². The number of phenols is 1. The molecule has 144 valence electrons. The van der Waals surface area contributed by atoms with Crippen LogP contribution in [-0.4, -0.2) is 39.9 Å². The van der Waals surface area contributed by atoms with E-state index in [2.05, 4.69) is 18.7 Å². The molecule has 1 aliphatic rings. The number of carbonyl (C=O) groups excluding carboxylic acids is 1. The molecule has 4 nitrogen and oxygen atoms in total. The number of benzene rings is 2. The number of carbonyl (C=O) groups is 1. The third-order valence-corrected chi connectivity index (χ3v) is 5.19. The van der Waals surface area contributed by atoms with E-state index in [1.54, 1.807) is 24.3 Å². The minimum Gasteiger partial charge on any atom is -0.508 e. The van der Waals surface area contributed by atoms with Crippen molar-refractivity contribution >= 4 is 5.91 Å². The van der Waals surface area contributed by atoms with E-state index in [4.69, 9.17) is 0 Å². The first-order chi connectivity index (χ1) is 12.9. The van der Waals surface area contributed by atoms with Gasteiger partial charge >= 0.3 is 0 Å². The predicted molar refractivity (Wildman–Crippen MR) is 104 cm³/mol. The van der Waals surface area contributed by atoms with Gasteiger partial charge in [0, 0.05) is 38.6 Å². The van der Waals surface area contributed by atoms with E-state index in [0.29, 0.717) is 25.4 Å². The number of aromatic hydroxyl groups is 1. The van der Waals surface area contributed by atoms with Crippen LogP contribution in [0.1, 0.15) is 31.4 Å². The van der Waals surface area contributed by atoms with Gasteiger partial charge in [0.25, 0.3) is 0 Å². The van der Waals surface area contributed by atoms with Gasteiger partial charge in [-0.1, -0.05) is 38.1 Å². The molecular weight excluding hydrogens is 343 g/mol. The summed E-state index contributed by atoms with van der Waals surface area (Å²) in [6.07, 6.45) is 0.475. The topological polar surface area (TPSA) is 43.8 Å². The fraction of sp³-hybridized carbons (Fsp3) is 0.409. The molecule has 0 bridgehead atoms. The molecule has 3 rings (SSSR count). The van der Waals surface area contributed by atoms with Crippen LogP contribution in [0.5, 0.6) is 5.75 Å². The van der Waals surface area contributed by atoms with Gasteiger partial charge in [-0.05, 0) is 41.3 Å². The Morgan fingerprint density at radius 3 is 2.26 bits per heavy atom. The maximum Gasteiger partial charge on any atom is 0.224 e. The Bertz CT molecular complexity index is 759. The molecule has 5 heteroatoms. The number of hydrogen-bond acceptors (Lipinski definition) is 3. The highest BCUT2D eigenvalue weighted by atomic mass is 19.1. The van der Waals surface area contributed by atoms with Gasteiger partial charge in [-0.3, -0.25) is 9.69 Å². The summed E-state index contributed by atoms with van der Waals surface area (Å²) in [5.74, 6) is 0.456. The van der Waals surface area contributed by atoms with E-state index in [-0.39, 0.29) is 23.5 Å². The van der Waals surface area contributed by atoms with Crippen LogP contribution in [0.3, 0.4) is 0 Å². The maximum absolute atomic E-state index is 13.2. The molecule has 1 N–H and O–H groups in total. The van der Waals surface area contributed by atoms with Gasteiger partial charge in [0.15, 0.2) is 0 Å². The van der Waals surface area contributed by atoms with Gasteiger partial charge in [-0.15, -0.1) is 0 Å². The summed E-state index contributed by atoms with van der Waals surface area (Å²) in [5, 5.41) is 9.46. The molecule has 1 amide bonds. The fourth-order valence-corrected chi connectivity index (χ4v) is 3.60. The first kappa shape index (κ1) is 19.4. The first-order valence-corrected chi connectivity index (χ1v) is 9.46. The van der Waals surface area contributed by atoms with Crippen molar-refractivity contribution in [3.63, 3.8) is 0 Å². The molecule has 1 heterocycles. The SMILES string of the molecule is CC(C)[C@H]1CN(Cc2ccc(O)cc2)CCC(=O)N1Cc1ccc(F)cc1. The summed E-state index contributed by atoms with van der Waals surface area (Å²) in [6.45, 7) is 7.05. The second kappa shape index (κ2) is 8.53. The zero-order valence-corrected chi connectivity index (χ0v) is 15.9. The molecular formula is C22H27FN2O2. The Labute approximate surface area is 160 Å². The molecule has 1 aliphatic heterocycles. The summed E-state index contributed by atoms with van der Waals surface area (Å²) in [6, 6.07) is 13.7. The van der Waals surface area contributed by atoms with Crippen molar-refractivity contribution in [3.8, 4) is 5.75 Å². The smallest absolute Gasteiger partial charge is 0.224 e. The molecule has 1 fully saturated rings. The van der Waals surface area contributed by atoms with Gasteiger partial charge in [0.2, 0.25) is 5.91 Å². The summed E-state index contributed by atoms with van der Waals surface area (Å²) in [5.41, 5.74) is 2.07. The minimum atomic E-state index is -0.263. The van der Waals surface area contributed by atoms with Crippen molar-refractivity contribution in [1.29, 1.82) is 0 Å². The number of rotatable bonds is 5. The average Bonchev–Trinajstić information content (AvgIpc) is 2.79. The van der Waals surface area contributed by atoms with E-state index >= 15 is 0 Å². The van der Waals surface area contributed by atoms with Crippen LogP contribution in [0.15, 0.2) is 48.5 Å². The zero-order chi connectivity index (χ0) is 19.4. The molecule has 1 saturated heterocycles. The monoisotopic (exact) mass is 370 g/mol. The predicted octanol–water partition coefficient (Wildman–Crippen LogP) is 3.79. The lowest BCUT2D eigenvalue weighted by molar-refractivity contribution is -0.134. The largest absolute Gasteiger partial charge is 0.508 e. The van der Waals surface area contributed by atoms with Crippen molar-refractivity contribution < 1.29 is 14.3 Å². The molecule has 0 saturated carbocycles. The van der Waals surface area contributed by atoms with Crippen LogP contribution in [-0.2, 0) is 17.9 Å². The Kier molecular flexibility index (Phi) is 6.11. The minimum absolute atomic E-state index is 0.0992. The quantitative estimate of drug-likeness (QED) is 0.871. The number of nitrogens with zero attached hydrogens (tertiary/aromatic N) is 2.